The molecule has 0 spiro atoms. The van der Waals surface area contributed by atoms with Crippen LogP contribution in [0, 0.1) is 0 Å². The van der Waals surface area contributed by atoms with Crippen LogP contribution in [0.5, 0.6) is 0 Å². The molecule has 0 aliphatic heterocycles. The fraction of sp³-hybridized carbons (Fsp3) is 0.167. The molecule has 0 unspecified atom stereocenters. The van der Waals surface area contributed by atoms with E-state index in [0.717, 1.165) is 13.0 Å². The molecule has 0 radical (unpaired) electrons. The first-order valence-corrected chi connectivity index (χ1v) is 7.69. The summed E-state index contributed by atoms with van der Waals surface area (Å²) in [4.78, 5) is 27.4. The minimum Gasteiger partial charge on any atom is -0.344 e. The van der Waals surface area contributed by atoms with Crippen molar-refractivity contribution in [2.75, 3.05) is 18.5 Å². The predicted molar refractivity (Wildman–Crippen MR) is 95.2 cm³/mol. The first kappa shape index (κ1) is 15.7. The number of nitrogens with zero attached hydrogens (tertiary/aromatic N) is 3. The van der Waals surface area contributed by atoms with Gasteiger partial charge in [0.25, 0.3) is 0 Å². The number of benzene rings is 1. The molecule has 24 heavy (non-hydrogen) atoms. The molecule has 122 valence electrons. The standard InChI is InChI=1S/C18H19N5O/c1-13-16(22-18(24)20-13)12-15-8-10-19-17(21-15)23(2)11-9-14-6-4-3-5-7-14/h3-8,10,12H,1,9,11H2,2H3,(H2,20,22,24)/b16-12-. The summed E-state index contributed by atoms with van der Waals surface area (Å²) in [6.45, 7) is 4.60. The lowest BCUT2D eigenvalue weighted by molar-refractivity contribution is 0.836. The second kappa shape index (κ2) is 6.95. The van der Waals surface area contributed by atoms with Gasteiger partial charge >= 0.3 is 5.69 Å². The molecule has 0 aliphatic rings. The lowest BCUT2D eigenvalue weighted by atomic mass is 10.1. The molecule has 1 aromatic carbocycles. The highest BCUT2D eigenvalue weighted by Gasteiger charge is 2.05. The van der Waals surface area contributed by atoms with Crippen molar-refractivity contribution >= 4 is 18.6 Å². The molecular formula is C18H19N5O. The van der Waals surface area contributed by atoms with E-state index in [4.69, 9.17) is 0 Å². The van der Waals surface area contributed by atoms with Gasteiger partial charge < -0.3 is 14.9 Å². The number of aromatic nitrogens is 4. The van der Waals surface area contributed by atoms with Crippen molar-refractivity contribution in [3.05, 3.63) is 75.0 Å². The van der Waals surface area contributed by atoms with E-state index in [-0.39, 0.29) is 5.69 Å². The van der Waals surface area contributed by atoms with Crippen molar-refractivity contribution in [1.82, 2.24) is 19.9 Å². The molecule has 6 heteroatoms. The van der Waals surface area contributed by atoms with Gasteiger partial charge in [-0.1, -0.05) is 36.9 Å². The van der Waals surface area contributed by atoms with Gasteiger partial charge in [0.15, 0.2) is 0 Å². The third-order valence-corrected chi connectivity index (χ3v) is 3.71. The Morgan fingerprint density at radius 3 is 2.71 bits per heavy atom. The van der Waals surface area contributed by atoms with E-state index in [1.165, 1.54) is 5.56 Å². The summed E-state index contributed by atoms with van der Waals surface area (Å²) in [6, 6.07) is 12.1. The van der Waals surface area contributed by atoms with Crippen molar-refractivity contribution in [2.45, 2.75) is 6.42 Å². The van der Waals surface area contributed by atoms with Crippen LogP contribution >= 0.6 is 0 Å². The first-order chi connectivity index (χ1) is 11.6. The summed E-state index contributed by atoms with van der Waals surface area (Å²) in [6.07, 6.45) is 4.40. The molecule has 3 aromatic rings. The summed E-state index contributed by atoms with van der Waals surface area (Å²) in [5, 5.41) is 1.16. The van der Waals surface area contributed by atoms with E-state index in [1.807, 2.05) is 30.1 Å². The fourth-order valence-electron chi connectivity index (χ4n) is 2.37. The highest BCUT2D eigenvalue weighted by molar-refractivity contribution is 5.45. The molecule has 0 amide bonds. The van der Waals surface area contributed by atoms with Crippen LogP contribution in [-0.4, -0.2) is 33.5 Å². The SMILES string of the molecule is C=c1[nH]c(=O)[nH]/c1=C\c1ccnc(N(C)CCc2ccccc2)n1. The lowest BCUT2D eigenvalue weighted by Crippen LogP contribution is -2.24. The second-order valence-corrected chi connectivity index (χ2v) is 5.55. The van der Waals surface area contributed by atoms with Crippen LogP contribution in [0.15, 0.2) is 47.4 Å². The number of hydrogen-bond acceptors (Lipinski definition) is 4. The van der Waals surface area contributed by atoms with E-state index >= 15 is 0 Å². The van der Waals surface area contributed by atoms with Gasteiger partial charge in [-0.05, 0) is 24.1 Å². The number of likely N-dealkylation sites (N-methyl/N-ethyl adjacent to an activating group) is 1. The molecule has 0 fully saturated rings. The molecule has 2 heterocycles. The number of H-pyrrole nitrogens is 2. The summed E-state index contributed by atoms with van der Waals surface area (Å²) >= 11 is 0. The predicted octanol–water partition coefficient (Wildman–Crippen LogP) is 0.411. The van der Waals surface area contributed by atoms with Gasteiger partial charge in [-0.2, -0.15) is 0 Å². The third kappa shape index (κ3) is 3.78. The Morgan fingerprint density at radius 2 is 2.00 bits per heavy atom. The molecule has 0 bridgehead atoms. The fourth-order valence-corrected chi connectivity index (χ4v) is 2.37. The monoisotopic (exact) mass is 321 g/mol. The maximum atomic E-state index is 11.3. The Bertz CT molecular complexity index is 974. The molecule has 6 nitrogen and oxygen atoms in total. The second-order valence-electron chi connectivity index (χ2n) is 5.55. The normalized spacial score (nSPS) is 11.6. The minimum atomic E-state index is -0.277. The van der Waals surface area contributed by atoms with Gasteiger partial charge in [0.05, 0.1) is 16.4 Å². The van der Waals surface area contributed by atoms with Crippen LogP contribution in [0.4, 0.5) is 5.95 Å². The Balaban J connectivity index is 1.77. The Kier molecular flexibility index (Phi) is 4.56. The molecule has 0 atom stereocenters. The van der Waals surface area contributed by atoms with Crippen LogP contribution in [0.25, 0.3) is 12.7 Å². The zero-order valence-corrected chi connectivity index (χ0v) is 13.5. The minimum absolute atomic E-state index is 0.277. The summed E-state index contributed by atoms with van der Waals surface area (Å²) in [5.41, 5.74) is 1.71. The van der Waals surface area contributed by atoms with Crippen LogP contribution in [0.3, 0.4) is 0 Å². The smallest absolute Gasteiger partial charge is 0.323 e. The van der Waals surface area contributed by atoms with E-state index in [1.54, 1.807) is 18.3 Å². The van der Waals surface area contributed by atoms with Gasteiger partial charge in [-0.15, -0.1) is 0 Å². The van der Waals surface area contributed by atoms with Crippen molar-refractivity contribution in [3.8, 4) is 0 Å². The van der Waals surface area contributed by atoms with Crippen LogP contribution in [0.2, 0.25) is 0 Å². The van der Waals surface area contributed by atoms with Gasteiger partial charge in [0, 0.05) is 19.8 Å². The maximum Gasteiger partial charge on any atom is 0.323 e. The van der Waals surface area contributed by atoms with E-state index in [2.05, 4.69) is 38.6 Å². The summed E-state index contributed by atoms with van der Waals surface area (Å²) in [5.74, 6) is 0.642. The molecular weight excluding hydrogens is 302 g/mol. The number of hydrogen-bond donors (Lipinski definition) is 2. The van der Waals surface area contributed by atoms with Gasteiger partial charge in [0.2, 0.25) is 5.95 Å². The van der Waals surface area contributed by atoms with Crippen LogP contribution in [0.1, 0.15) is 11.3 Å². The van der Waals surface area contributed by atoms with Crippen LogP contribution in [-0.2, 0) is 6.42 Å². The summed E-state index contributed by atoms with van der Waals surface area (Å²) in [7, 11) is 1.97. The number of nitrogens with one attached hydrogen (secondary N) is 2. The largest absolute Gasteiger partial charge is 0.344 e. The molecule has 2 N–H and O–H groups in total. The quantitative estimate of drug-likeness (QED) is 0.713. The Hall–Kier alpha value is -3.15. The van der Waals surface area contributed by atoms with Crippen molar-refractivity contribution in [1.29, 1.82) is 0 Å². The number of aromatic amines is 2. The maximum absolute atomic E-state index is 11.3. The molecule has 0 aliphatic carbocycles. The first-order valence-electron chi connectivity index (χ1n) is 7.69. The average molecular weight is 321 g/mol. The Labute approximate surface area is 139 Å². The van der Waals surface area contributed by atoms with Gasteiger partial charge in [-0.25, -0.2) is 14.8 Å². The molecule has 2 aromatic heterocycles. The van der Waals surface area contributed by atoms with E-state index in [0.29, 0.717) is 22.3 Å². The molecule has 3 rings (SSSR count). The highest BCUT2D eigenvalue weighted by Crippen LogP contribution is 2.08. The highest BCUT2D eigenvalue weighted by atomic mass is 16.1. The average Bonchev–Trinajstić information content (AvgIpc) is 2.91. The topological polar surface area (TPSA) is 77.7 Å². The van der Waals surface area contributed by atoms with E-state index in [9.17, 15) is 4.79 Å². The zero-order chi connectivity index (χ0) is 16.9. The van der Waals surface area contributed by atoms with Crippen molar-refractivity contribution < 1.29 is 0 Å². The molecule has 0 saturated heterocycles. The van der Waals surface area contributed by atoms with Crippen molar-refractivity contribution in [3.63, 3.8) is 0 Å². The number of rotatable bonds is 5. The summed E-state index contributed by atoms with van der Waals surface area (Å²) < 4.78 is 0. The number of anilines is 1. The third-order valence-electron chi connectivity index (χ3n) is 3.71. The Morgan fingerprint density at radius 1 is 1.21 bits per heavy atom. The number of imidazole rings is 1. The van der Waals surface area contributed by atoms with Gasteiger partial charge in [0.1, 0.15) is 0 Å². The van der Waals surface area contributed by atoms with E-state index < -0.39 is 0 Å². The van der Waals surface area contributed by atoms with Gasteiger partial charge in [-0.3, -0.25) is 0 Å². The zero-order valence-electron chi connectivity index (χ0n) is 13.5. The van der Waals surface area contributed by atoms with Crippen molar-refractivity contribution in [2.24, 2.45) is 0 Å². The lowest BCUT2D eigenvalue weighted by Gasteiger charge is -2.17. The van der Waals surface area contributed by atoms with Crippen LogP contribution < -0.4 is 21.3 Å². The molecule has 0 saturated carbocycles.